The molecule has 0 bridgehead atoms. The van der Waals surface area contributed by atoms with Crippen LogP contribution in [0.4, 0.5) is 10.5 Å². The highest BCUT2D eigenvalue weighted by Gasteiger charge is 2.32. The molecule has 1 fully saturated rings. The Hall–Kier alpha value is -1.75. The first-order chi connectivity index (χ1) is 10.2. The number of ether oxygens (including phenoxy) is 1. The maximum absolute atomic E-state index is 11.9. The van der Waals surface area contributed by atoms with Gasteiger partial charge in [-0.05, 0) is 51.8 Å². The number of carbonyl (C=O) groups excluding carboxylic acids is 1. The molecule has 1 saturated carbocycles. The van der Waals surface area contributed by atoms with Crippen molar-refractivity contribution in [2.45, 2.75) is 64.0 Å². The van der Waals surface area contributed by atoms with E-state index in [0.29, 0.717) is 11.3 Å². The summed E-state index contributed by atoms with van der Waals surface area (Å²) in [5.74, 6) is 0.180. The van der Waals surface area contributed by atoms with Crippen LogP contribution in [0, 0.1) is 0 Å². The zero-order valence-electron chi connectivity index (χ0n) is 13.6. The molecule has 122 valence electrons. The molecule has 1 aromatic carbocycles. The van der Waals surface area contributed by atoms with Crippen molar-refractivity contribution >= 4 is 11.8 Å². The van der Waals surface area contributed by atoms with Crippen molar-refractivity contribution in [1.82, 2.24) is 0 Å². The van der Waals surface area contributed by atoms with Gasteiger partial charge >= 0.3 is 6.09 Å². The maximum Gasteiger partial charge on any atom is 0.412 e. The van der Waals surface area contributed by atoms with E-state index < -0.39 is 17.2 Å². The number of aromatic hydroxyl groups is 1. The summed E-state index contributed by atoms with van der Waals surface area (Å²) in [4.78, 5) is 11.9. The van der Waals surface area contributed by atoms with Crippen molar-refractivity contribution in [3.63, 3.8) is 0 Å². The Labute approximate surface area is 131 Å². The summed E-state index contributed by atoms with van der Waals surface area (Å²) in [7, 11) is 0. The van der Waals surface area contributed by atoms with Crippen LogP contribution in [0.5, 0.6) is 5.75 Å². The Kier molecular flexibility index (Phi) is 4.66. The molecule has 0 aliphatic heterocycles. The standard InChI is InChI=1S/C17H26N2O3/c1-16(2,3)22-15(21)19-12-7-8-14(20)13(11-12)17(18)9-5-4-6-10-17/h7-8,11,20H,4-6,9-10,18H2,1-3H3,(H,19,21). The van der Waals surface area contributed by atoms with Crippen molar-refractivity contribution < 1.29 is 14.6 Å². The van der Waals surface area contributed by atoms with Gasteiger partial charge < -0.3 is 15.6 Å². The second-order valence-electron chi connectivity index (χ2n) is 7.08. The number of phenolic OH excluding ortho intramolecular Hbond substituents is 1. The third-order valence-electron chi connectivity index (χ3n) is 3.92. The van der Waals surface area contributed by atoms with Gasteiger partial charge in [-0.3, -0.25) is 5.32 Å². The first kappa shape index (κ1) is 16.6. The largest absolute Gasteiger partial charge is 0.508 e. The summed E-state index contributed by atoms with van der Waals surface area (Å²) in [5.41, 5.74) is 6.68. The SMILES string of the molecule is CC(C)(C)OC(=O)Nc1ccc(O)c(C2(N)CCCCC2)c1. The molecule has 1 amide bonds. The predicted octanol–water partition coefficient (Wildman–Crippen LogP) is 3.86. The third kappa shape index (κ3) is 4.13. The van der Waals surface area contributed by atoms with Crippen LogP contribution in [0.25, 0.3) is 0 Å². The fourth-order valence-corrected chi connectivity index (χ4v) is 2.89. The van der Waals surface area contributed by atoms with Crippen LogP contribution in [0.1, 0.15) is 58.4 Å². The summed E-state index contributed by atoms with van der Waals surface area (Å²) in [6, 6.07) is 4.98. The first-order valence-electron chi connectivity index (χ1n) is 7.82. The van der Waals surface area contributed by atoms with Gasteiger partial charge in [0.25, 0.3) is 0 Å². The van der Waals surface area contributed by atoms with Crippen LogP contribution in [0.15, 0.2) is 18.2 Å². The molecule has 1 aliphatic rings. The molecule has 0 heterocycles. The average Bonchev–Trinajstić information content (AvgIpc) is 2.39. The summed E-state index contributed by atoms with van der Waals surface area (Å²) in [5, 5.41) is 12.8. The predicted molar refractivity (Wildman–Crippen MR) is 86.9 cm³/mol. The smallest absolute Gasteiger partial charge is 0.412 e. The minimum absolute atomic E-state index is 0.180. The van der Waals surface area contributed by atoms with Crippen molar-refractivity contribution in [3.05, 3.63) is 23.8 Å². The van der Waals surface area contributed by atoms with E-state index in [9.17, 15) is 9.90 Å². The van der Waals surface area contributed by atoms with E-state index in [1.165, 1.54) is 6.42 Å². The number of hydrogen-bond donors (Lipinski definition) is 3. The van der Waals surface area contributed by atoms with E-state index in [-0.39, 0.29) is 5.75 Å². The summed E-state index contributed by atoms with van der Waals surface area (Å²) in [6.45, 7) is 5.43. The molecule has 0 saturated heterocycles. The Morgan fingerprint density at radius 2 is 1.91 bits per heavy atom. The van der Waals surface area contributed by atoms with Gasteiger partial charge in [0.15, 0.2) is 0 Å². The van der Waals surface area contributed by atoms with Gasteiger partial charge in [0.1, 0.15) is 11.4 Å². The van der Waals surface area contributed by atoms with E-state index >= 15 is 0 Å². The highest BCUT2D eigenvalue weighted by molar-refractivity contribution is 5.85. The summed E-state index contributed by atoms with van der Waals surface area (Å²) < 4.78 is 5.24. The lowest BCUT2D eigenvalue weighted by molar-refractivity contribution is 0.0636. The van der Waals surface area contributed by atoms with Crippen LogP contribution in [-0.2, 0) is 10.3 Å². The van der Waals surface area contributed by atoms with Gasteiger partial charge in [-0.1, -0.05) is 19.3 Å². The molecule has 1 aliphatic carbocycles. The number of rotatable bonds is 2. The average molecular weight is 306 g/mol. The summed E-state index contributed by atoms with van der Waals surface area (Å²) >= 11 is 0. The van der Waals surface area contributed by atoms with Gasteiger partial charge in [-0.2, -0.15) is 0 Å². The zero-order valence-corrected chi connectivity index (χ0v) is 13.6. The number of phenols is 1. The highest BCUT2D eigenvalue weighted by atomic mass is 16.6. The summed E-state index contributed by atoms with van der Waals surface area (Å²) in [6.07, 6.45) is 4.46. The van der Waals surface area contributed by atoms with Crippen LogP contribution in [0.2, 0.25) is 0 Å². The van der Waals surface area contributed by atoms with Crippen LogP contribution in [0.3, 0.4) is 0 Å². The fourth-order valence-electron chi connectivity index (χ4n) is 2.89. The van der Waals surface area contributed by atoms with Gasteiger partial charge in [0.05, 0.1) is 0 Å². The lowest BCUT2D eigenvalue weighted by atomic mass is 9.77. The molecule has 0 radical (unpaired) electrons. The number of amides is 1. The number of benzene rings is 1. The van der Waals surface area contributed by atoms with Gasteiger partial charge in [-0.15, -0.1) is 0 Å². The van der Waals surface area contributed by atoms with E-state index in [1.807, 2.05) is 20.8 Å². The molecule has 22 heavy (non-hydrogen) atoms. The Morgan fingerprint density at radius 3 is 2.50 bits per heavy atom. The third-order valence-corrected chi connectivity index (χ3v) is 3.92. The number of nitrogens with one attached hydrogen (secondary N) is 1. The maximum atomic E-state index is 11.9. The van der Waals surface area contributed by atoms with Crippen molar-refractivity contribution in [3.8, 4) is 5.75 Å². The van der Waals surface area contributed by atoms with E-state index in [2.05, 4.69) is 5.32 Å². The van der Waals surface area contributed by atoms with Gasteiger partial charge in [0, 0.05) is 16.8 Å². The molecule has 5 heteroatoms. The van der Waals surface area contributed by atoms with E-state index in [1.54, 1.807) is 18.2 Å². The van der Waals surface area contributed by atoms with E-state index in [4.69, 9.17) is 10.5 Å². The minimum atomic E-state index is -0.553. The van der Waals surface area contributed by atoms with Crippen molar-refractivity contribution in [2.75, 3.05) is 5.32 Å². The topological polar surface area (TPSA) is 84.6 Å². The number of nitrogens with two attached hydrogens (primary N) is 1. The lowest BCUT2D eigenvalue weighted by Gasteiger charge is -2.34. The molecular formula is C17H26N2O3. The molecule has 0 aromatic heterocycles. The van der Waals surface area contributed by atoms with Crippen LogP contribution in [-0.4, -0.2) is 16.8 Å². The second-order valence-corrected chi connectivity index (χ2v) is 7.08. The minimum Gasteiger partial charge on any atom is -0.508 e. The van der Waals surface area contributed by atoms with E-state index in [0.717, 1.165) is 25.7 Å². The van der Waals surface area contributed by atoms with Crippen LogP contribution >= 0.6 is 0 Å². The molecular weight excluding hydrogens is 280 g/mol. The van der Waals surface area contributed by atoms with Crippen molar-refractivity contribution in [1.29, 1.82) is 0 Å². The monoisotopic (exact) mass is 306 g/mol. The number of carbonyl (C=O) groups is 1. The van der Waals surface area contributed by atoms with Gasteiger partial charge in [0.2, 0.25) is 0 Å². The Bertz CT molecular complexity index is 543. The Balaban J connectivity index is 2.18. The molecule has 0 unspecified atom stereocenters. The quantitative estimate of drug-likeness (QED) is 0.724. The first-order valence-corrected chi connectivity index (χ1v) is 7.82. The molecule has 0 atom stereocenters. The van der Waals surface area contributed by atoms with Crippen molar-refractivity contribution in [2.24, 2.45) is 5.73 Å². The van der Waals surface area contributed by atoms with Gasteiger partial charge in [-0.25, -0.2) is 4.79 Å². The number of hydrogen-bond acceptors (Lipinski definition) is 4. The molecule has 1 aromatic rings. The normalized spacial score (nSPS) is 17.8. The molecule has 0 spiro atoms. The second kappa shape index (κ2) is 6.16. The Morgan fingerprint density at radius 1 is 1.27 bits per heavy atom. The molecule has 2 rings (SSSR count). The zero-order chi connectivity index (χ0) is 16.4. The molecule has 5 nitrogen and oxygen atoms in total. The highest BCUT2D eigenvalue weighted by Crippen LogP contribution is 2.40. The molecule has 4 N–H and O–H groups in total. The number of anilines is 1. The van der Waals surface area contributed by atoms with Crippen LogP contribution < -0.4 is 11.1 Å². The lowest BCUT2D eigenvalue weighted by Crippen LogP contribution is -2.38. The fraction of sp³-hybridized carbons (Fsp3) is 0.588.